The summed E-state index contributed by atoms with van der Waals surface area (Å²) in [5.74, 6) is 0. The van der Waals surface area contributed by atoms with Crippen molar-refractivity contribution in [1.82, 2.24) is 5.32 Å². The van der Waals surface area contributed by atoms with E-state index in [9.17, 15) is 9.90 Å². The number of rotatable bonds is 17. The molecule has 4 nitrogen and oxygen atoms in total. The van der Waals surface area contributed by atoms with Gasteiger partial charge in [-0.1, -0.05) is 109 Å². The summed E-state index contributed by atoms with van der Waals surface area (Å²) in [5.41, 5.74) is 0.753. The molecule has 0 spiro atoms. The van der Waals surface area contributed by atoms with Crippen molar-refractivity contribution < 1.29 is 9.90 Å². The molecule has 2 unspecified atom stereocenters. The summed E-state index contributed by atoms with van der Waals surface area (Å²) in [6, 6.07) is 8.82. The summed E-state index contributed by atoms with van der Waals surface area (Å²) >= 11 is 0. The van der Waals surface area contributed by atoms with Gasteiger partial charge in [0.25, 0.3) is 0 Å². The van der Waals surface area contributed by atoms with Crippen LogP contribution in [0.5, 0.6) is 0 Å². The predicted octanol–water partition coefficient (Wildman–Crippen LogP) is 7.04. The number of hydrogen-bond acceptors (Lipinski definition) is 2. The van der Waals surface area contributed by atoms with Crippen LogP contribution in [0.15, 0.2) is 30.3 Å². The van der Waals surface area contributed by atoms with E-state index in [-0.39, 0.29) is 12.1 Å². The van der Waals surface area contributed by atoms with Crippen LogP contribution in [0.1, 0.15) is 104 Å². The van der Waals surface area contributed by atoms with Crippen LogP contribution in [0, 0.1) is 0 Å². The maximum absolute atomic E-state index is 12.0. The highest BCUT2D eigenvalue weighted by molar-refractivity contribution is 5.89. The molecule has 2 amide bonds. The molecule has 0 aliphatic rings. The Morgan fingerprint density at radius 1 is 0.828 bits per heavy atom. The Balaban J connectivity index is 1.94. The highest BCUT2D eigenvalue weighted by atomic mass is 16.3. The van der Waals surface area contributed by atoms with Crippen molar-refractivity contribution in [2.45, 2.75) is 116 Å². The fraction of sp³-hybridized carbons (Fsp3) is 0.720. The summed E-state index contributed by atoms with van der Waals surface area (Å²) in [6.07, 6.45) is 17.4. The van der Waals surface area contributed by atoms with Gasteiger partial charge in [-0.3, -0.25) is 0 Å². The Labute approximate surface area is 178 Å². The Morgan fingerprint density at radius 3 is 1.83 bits per heavy atom. The van der Waals surface area contributed by atoms with E-state index in [4.69, 9.17) is 0 Å². The smallest absolute Gasteiger partial charge is 0.319 e. The van der Waals surface area contributed by atoms with Crippen LogP contribution in [-0.2, 0) is 0 Å². The molecular weight excluding hydrogens is 360 g/mol. The van der Waals surface area contributed by atoms with Gasteiger partial charge in [0.15, 0.2) is 0 Å². The number of amides is 2. The van der Waals surface area contributed by atoms with Gasteiger partial charge in [-0.05, 0) is 25.5 Å². The largest absolute Gasteiger partial charge is 0.391 e. The average Bonchev–Trinajstić information content (AvgIpc) is 2.71. The Hall–Kier alpha value is -1.55. The Kier molecular flexibility index (Phi) is 15.2. The number of carbonyl (C=O) groups is 1. The first-order valence-electron chi connectivity index (χ1n) is 11.9. The fourth-order valence-electron chi connectivity index (χ4n) is 3.61. The number of urea groups is 1. The molecule has 2 atom stereocenters. The number of hydrogen-bond donors (Lipinski definition) is 3. The van der Waals surface area contributed by atoms with Gasteiger partial charge in [0, 0.05) is 5.69 Å². The molecule has 29 heavy (non-hydrogen) atoms. The van der Waals surface area contributed by atoms with Crippen molar-refractivity contribution in [2.24, 2.45) is 0 Å². The fourth-order valence-corrected chi connectivity index (χ4v) is 3.61. The lowest BCUT2D eigenvalue weighted by Crippen LogP contribution is -2.43. The van der Waals surface area contributed by atoms with Crippen LogP contribution in [0.3, 0.4) is 0 Å². The van der Waals surface area contributed by atoms with Crippen LogP contribution in [0.2, 0.25) is 0 Å². The molecule has 1 rings (SSSR count). The van der Waals surface area contributed by atoms with Crippen molar-refractivity contribution in [2.75, 3.05) is 5.32 Å². The van der Waals surface area contributed by atoms with E-state index in [1.807, 2.05) is 37.3 Å². The van der Waals surface area contributed by atoms with E-state index < -0.39 is 6.10 Å². The lowest BCUT2D eigenvalue weighted by molar-refractivity contribution is 0.125. The molecule has 1 aromatic rings. The number of nitrogens with one attached hydrogen (secondary N) is 2. The number of carbonyl (C=O) groups excluding carboxylic acids is 1. The zero-order valence-corrected chi connectivity index (χ0v) is 18.8. The Bertz CT molecular complexity index is 507. The third kappa shape index (κ3) is 14.1. The number of para-hydroxylation sites is 1. The van der Waals surface area contributed by atoms with Crippen molar-refractivity contribution in [1.29, 1.82) is 0 Å². The van der Waals surface area contributed by atoms with Gasteiger partial charge >= 0.3 is 6.03 Å². The van der Waals surface area contributed by atoms with Crippen LogP contribution in [0.4, 0.5) is 10.5 Å². The zero-order valence-electron chi connectivity index (χ0n) is 18.8. The lowest BCUT2D eigenvalue weighted by Gasteiger charge is -2.20. The van der Waals surface area contributed by atoms with Gasteiger partial charge < -0.3 is 15.7 Å². The van der Waals surface area contributed by atoms with E-state index in [0.29, 0.717) is 0 Å². The second-order valence-electron chi connectivity index (χ2n) is 8.35. The van der Waals surface area contributed by atoms with Crippen molar-refractivity contribution in [3.05, 3.63) is 30.3 Å². The zero-order chi connectivity index (χ0) is 21.2. The minimum Gasteiger partial charge on any atom is -0.391 e. The average molecular weight is 405 g/mol. The van der Waals surface area contributed by atoms with Crippen molar-refractivity contribution >= 4 is 11.7 Å². The molecule has 0 radical (unpaired) electrons. The maximum atomic E-state index is 12.0. The normalized spacial score (nSPS) is 13.1. The molecule has 0 aliphatic carbocycles. The Morgan fingerprint density at radius 2 is 1.31 bits per heavy atom. The number of anilines is 1. The number of aliphatic hydroxyl groups excluding tert-OH is 1. The van der Waals surface area contributed by atoms with Crippen LogP contribution in [-0.4, -0.2) is 23.3 Å². The van der Waals surface area contributed by atoms with Crippen LogP contribution in [0.25, 0.3) is 0 Å². The standard InChI is InChI=1S/C25H44N2O2/c1-3-4-5-6-7-8-9-10-11-12-13-14-18-21-24(28)22(2)26-25(29)27-23-19-16-15-17-20-23/h15-17,19-20,22,24,28H,3-14,18,21H2,1-2H3,(H2,26,27,29). The molecule has 166 valence electrons. The van der Waals surface area contributed by atoms with Gasteiger partial charge in [-0.15, -0.1) is 0 Å². The topological polar surface area (TPSA) is 61.4 Å². The number of benzene rings is 1. The van der Waals surface area contributed by atoms with E-state index >= 15 is 0 Å². The summed E-state index contributed by atoms with van der Waals surface area (Å²) in [7, 11) is 0. The molecule has 0 saturated heterocycles. The molecule has 0 fully saturated rings. The summed E-state index contributed by atoms with van der Waals surface area (Å²) < 4.78 is 0. The number of aliphatic hydroxyl groups is 1. The maximum Gasteiger partial charge on any atom is 0.319 e. The monoisotopic (exact) mass is 404 g/mol. The number of unbranched alkanes of at least 4 members (excludes halogenated alkanes) is 12. The predicted molar refractivity (Wildman–Crippen MR) is 124 cm³/mol. The van der Waals surface area contributed by atoms with Gasteiger partial charge in [-0.25, -0.2) is 4.79 Å². The van der Waals surface area contributed by atoms with E-state index in [0.717, 1.165) is 24.9 Å². The molecule has 4 heteroatoms. The van der Waals surface area contributed by atoms with Gasteiger partial charge in [0.1, 0.15) is 0 Å². The molecule has 0 aromatic heterocycles. The summed E-state index contributed by atoms with van der Waals surface area (Å²) in [6.45, 7) is 4.13. The first-order valence-corrected chi connectivity index (χ1v) is 11.9. The third-order valence-corrected chi connectivity index (χ3v) is 5.57. The summed E-state index contributed by atoms with van der Waals surface area (Å²) in [4.78, 5) is 12.0. The molecule has 1 aromatic carbocycles. The second-order valence-corrected chi connectivity index (χ2v) is 8.35. The summed E-state index contributed by atoms with van der Waals surface area (Å²) in [5, 5.41) is 15.9. The molecule has 0 saturated carbocycles. The minimum absolute atomic E-state index is 0.254. The van der Waals surface area contributed by atoms with Crippen LogP contribution < -0.4 is 10.6 Å². The SMILES string of the molecule is CCCCCCCCCCCCCCCC(O)C(C)NC(=O)Nc1ccccc1. The van der Waals surface area contributed by atoms with Gasteiger partial charge in [0.2, 0.25) is 0 Å². The second kappa shape index (κ2) is 17.3. The van der Waals surface area contributed by atoms with Gasteiger partial charge in [0.05, 0.1) is 12.1 Å². The lowest BCUT2D eigenvalue weighted by atomic mass is 10.0. The minimum atomic E-state index is -0.496. The van der Waals surface area contributed by atoms with E-state index in [1.165, 1.54) is 70.6 Å². The molecule has 3 N–H and O–H groups in total. The van der Waals surface area contributed by atoms with Crippen molar-refractivity contribution in [3.63, 3.8) is 0 Å². The third-order valence-electron chi connectivity index (χ3n) is 5.57. The van der Waals surface area contributed by atoms with Crippen LogP contribution >= 0.6 is 0 Å². The molecule has 0 heterocycles. The molecular formula is C25H44N2O2. The first kappa shape index (κ1) is 25.5. The molecule has 0 bridgehead atoms. The van der Waals surface area contributed by atoms with Crippen molar-refractivity contribution in [3.8, 4) is 0 Å². The highest BCUT2D eigenvalue weighted by Gasteiger charge is 2.16. The first-order chi connectivity index (χ1) is 14.1. The van der Waals surface area contributed by atoms with Gasteiger partial charge in [-0.2, -0.15) is 0 Å². The highest BCUT2D eigenvalue weighted by Crippen LogP contribution is 2.14. The molecule has 0 aliphatic heterocycles. The van der Waals surface area contributed by atoms with E-state index in [1.54, 1.807) is 0 Å². The van der Waals surface area contributed by atoms with E-state index in [2.05, 4.69) is 17.6 Å². The quantitative estimate of drug-likeness (QED) is 0.244.